The second-order valence-corrected chi connectivity index (χ2v) is 16.2. The summed E-state index contributed by atoms with van der Waals surface area (Å²) in [7, 11) is 0. The molecule has 5 aliphatic carbocycles. The fraction of sp³-hybridized carbons (Fsp3) is 0.853. The average molecular weight is 556 g/mol. The van der Waals surface area contributed by atoms with E-state index >= 15 is 0 Å². The summed E-state index contributed by atoms with van der Waals surface area (Å²) < 4.78 is 5.85. The van der Waals surface area contributed by atoms with Crippen molar-refractivity contribution >= 4 is 17.7 Å². The lowest BCUT2D eigenvalue weighted by atomic mass is 9.33. The number of hydrogen-bond donors (Lipinski definition) is 2. The summed E-state index contributed by atoms with van der Waals surface area (Å²) in [5.74, 6) is 0.546. The predicted octanol–water partition coefficient (Wildman–Crippen LogP) is 6.01. The van der Waals surface area contributed by atoms with Gasteiger partial charge in [-0.25, -0.2) is 0 Å². The third-order valence-corrected chi connectivity index (χ3v) is 13.8. The molecule has 40 heavy (non-hydrogen) atoms. The number of amides is 1. The van der Waals surface area contributed by atoms with E-state index in [1.54, 1.807) is 0 Å². The zero-order valence-electron chi connectivity index (χ0n) is 26.2. The molecule has 3 unspecified atom stereocenters. The van der Waals surface area contributed by atoms with Crippen LogP contribution in [0.25, 0.3) is 0 Å². The summed E-state index contributed by atoms with van der Waals surface area (Å²) in [5.41, 5.74) is 0.308. The van der Waals surface area contributed by atoms with Crippen molar-refractivity contribution in [3.63, 3.8) is 0 Å². The van der Waals surface area contributed by atoms with Crippen molar-refractivity contribution in [1.82, 2.24) is 5.32 Å². The number of carbonyl (C=O) groups is 3. The number of fused-ring (bicyclic) bond motifs is 7. The summed E-state index contributed by atoms with van der Waals surface area (Å²) in [6, 6.07) is 0. The maximum atomic E-state index is 14.5. The van der Waals surface area contributed by atoms with Gasteiger partial charge in [-0.05, 0) is 97.4 Å². The second-order valence-electron chi connectivity index (χ2n) is 16.2. The predicted molar refractivity (Wildman–Crippen MR) is 155 cm³/mol. The molecule has 0 aliphatic heterocycles. The third-order valence-electron chi connectivity index (χ3n) is 13.8. The number of aliphatic hydroxyl groups excluding tert-OH is 1. The zero-order valence-corrected chi connectivity index (χ0v) is 26.2. The van der Waals surface area contributed by atoms with Crippen LogP contribution in [0.4, 0.5) is 0 Å². The van der Waals surface area contributed by atoms with Crippen molar-refractivity contribution in [1.29, 1.82) is 0 Å². The van der Waals surface area contributed by atoms with Gasteiger partial charge in [0.25, 0.3) is 0 Å². The first-order valence-electron chi connectivity index (χ1n) is 15.8. The Morgan fingerprint density at radius 3 is 2.30 bits per heavy atom. The van der Waals surface area contributed by atoms with Crippen LogP contribution in [-0.4, -0.2) is 42.0 Å². The molecule has 0 aromatic heterocycles. The second kappa shape index (κ2) is 9.41. The molecule has 224 valence electrons. The van der Waals surface area contributed by atoms with Crippen molar-refractivity contribution in [2.24, 2.45) is 50.2 Å². The molecule has 0 radical (unpaired) electrons. The summed E-state index contributed by atoms with van der Waals surface area (Å²) in [6.45, 7) is 17.9. The van der Waals surface area contributed by atoms with E-state index in [1.165, 1.54) is 12.5 Å². The first-order valence-corrected chi connectivity index (χ1v) is 15.8. The Morgan fingerprint density at radius 2 is 1.65 bits per heavy atom. The highest BCUT2D eigenvalue weighted by Gasteiger charge is 2.70. The highest BCUT2D eigenvalue weighted by molar-refractivity contribution is 5.95. The number of allylic oxidation sites excluding steroid dienone is 2. The number of hydrogen-bond acceptors (Lipinski definition) is 5. The third kappa shape index (κ3) is 4.01. The van der Waals surface area contributed by atoms with Crippen molar-refractivity contribution in [3.8, 4) is 0 Å². The van der Waals surface area contributed by atoms with Crippen LogP contribution < -0.4 is 5.32 Å². The first-order chi connectivity index (χ1) is 18.5. The molecule has 5 aliphatic rings. The van der Waals surface area contributed by atoms with E-state index in [0.717, 1.165) is 57.8 Å². The maximum absolute atomic E-state index is 14.5. The largest absolute Gasteiger partial charge is 0.462 e. The molecule has 0 heterocycles. The molecule has 5 rings (SSSR count). The van der Waals surface area contributed by atoms with E-state index in [2.05, 4.69) is 59.9 Å². The lowest BCUT2D eigenvalue weighted by Crippen LogP contribution is -2.66. The van der Waals surface area contributed by atoms with Crippen molar-refractivity contribution in [2.75, 3.05) is 13.2 Å². The molecule has 0 bridgehead atoms. The van der Waals surface area contributed by atoms with Crippen molar-refractivity contribution in [3.05, 3.63) is 11.6 Å². The van der Waals surface area contributed by atoms with Crippen LogP contribution in [0.15, 0.2) is 11.6 Å². The lowest BCUT2D eigenvalue weighted by molar-refractivity contribution is -0.210. The topological polar surface area (TPSA) is 92.7 Å². The molecule has 6 nitrogen and oxygen atoms in total. The van der Waals surface area contributed by atoms with Gasteiger partial charge in [0.2, 0.25) is 5.91 Å². The highest BCUT2D eigenvalue weighted by Crippen LogP contribution is 2.75. The Bertz CT molecular complexity index is 1130. The normalized spacial score (nSPS) is 47.5. The Hall–Kier alpha value is -1.69. The van der Waals surface area contributed by atoms with Crippen LogP contribution in [0, 0.1) is 50.2 Å². The Kier molecular flexibility index (Phi) is 7.01. The van der Waals surface area contributed by atoms with E-state index in [9.17, 15) is 19.5 Å². The van der Waals surface area contributed by atoms with Crippen molar-refractivity contribution in [2.45, 2.75) is 119 Å². The van der Waals surface area contributed by atoms with E-state index < -0.39 is 5.41 Å². The zero-order chi connectivity index (χ0) is 29.5. The summed E-state index contributed by atoms with van der Waals surface area (Å²) >= 11 is 0. The van der Waals surface area contributed by atoms with Gasteiger partial charge in [0.1, 0.15) is 6.10 Å². The molecule has 0 aromatic rings. The van der Waals surface area contributed by atoms with E-state index in [4.69, 9.17) is 4.74 Å². The van der Waals surface area contributed by atoms with Crippen LogP contribution >= 0.6 is 0 Å². The monoisotopic (exact) mass is 555 g/mol. The molecule has 0 spiro atoms. The van der Waals surface area contributed by atoms with Crippen LogP contribution in [-0.2, 0) is 19.1 Å². The number of ketones is 1. The molecule has 6 heteroatoms. The van der Waals surface area contributed by atoms with Gasteiger partial charge in [-0.2, -0.15) is 0 Å². The molecular formula is C34H53NO5. The Balaban J connectivity index is 1.54. The fourth-order valence-corrected chi connectivity index (χ4v) is 11.2. The SMILES string of the molecule is CC(=O)O[C@H]1CC[C@@]2(C)C(CC[C@]3(C)C2C(=O)C=C2C4C[C@@](C)(C(=O)NCCO)CC[C@]4(C)CC[C@@]23C)C1(C)C. The van der Waals surface area contributed by atoms with Gasteiger partial charge < -0.3 is 15.2 Å². The summed E-state index contributed by atoms with van der Waals surface area (Å²) in [4.78, 5) is 39.7. The maximum Gasteiger partial charge on any atom is 0.302 e. The molecule has 2 N–H and O–H groups in total. The molecule has 9 atom stereocenters. The fourth-order valence-electron chi connectivity index (χ4n) is 11.2. The van der Waals surface area contributed by atoms with E-state index in [1.807, 2.05) is 0 Å². The van der Waals surface area contributed by atoms with Crippen LogP contribution in [0.1, 0.15) is 113 Å². The van der Waals surface area contributed by atoms with Gasteiger partial charge in [0.15, 0.2) is 5.78 Å². The van der Waals surface area contributed by atoms with Gasteiger partial charge in [0, 0.05) is 30.2 Å². The molecule has 0 aromatic carbocycles. The smallest absolute Gasteiger partial charge is 0.302 e. The summed E-state index contributed by atoms with van der Waals surface area (Å²) in [5, 5.41) is 12.2. The molecule has 4 fully saturated rings. The van der Waals surface area contributed by atoms with Crippen LogP contribution in [0.2, 0.25) is 0 Å². The number of nitrogens with one attached hydrogen (secondary N) is 1. The highest BCUT2D eigenvalue weighted by atomic mass is 16.5. The summed E-state index contributed by atoms with van der Waals surface area (Å²) in [6.07, 6.45) is 10.5. The van der Waals surface area contributed by atoms with E-state index in [0.29, 0.717) is 5.92 Å². The molecule has 1 amide bonds. The number of rotatable bonds is 4. The standard InChI is InChI=1S/C34H53NO5/c1-21(37)40-26-10-11-32(6)25(29(26,2)3)9-12-34(8)27(32)24(38)19-22-23-20-31(5,28(39)35-17-18-36)14-13-30(23,4)15-16-33(22,34)7/h19,23,25-27,36H,9-18,20H2,1-8H3,(H,35,39)/t23?,25?,26-,27?,30+,31-,32-,33-,34+/m0/s1. The molecule has 4 saturated carbocycles. The number of carbonyl (C=O) groups excluding carboxylic acids is 3. The van der Waals surface area contributed by atoms with Gasteiger partial charge in [0.05, 0.1) is 6.61 Å². The first kappa shape index (κ1) is 29.8. The van der Waals surface area contributed by atoms with Gasteiger partial charge >= 0.3 is 5.97 Å². The average Bonchev–Trinajstić information content (AvgIpc) is 2.86. The van der Waals surface area contributed by atoms with Crippen LogP contribution in [0.3, 0.4) is 0 Å². The Labute approximate surface area is 241 Å². The quantitative estimate of drug-likeness (QED) is 0.415. The number of aliphatic hydroxyl groups is 1. The van der Waals surface area contributed by atoms with Crippen molar-refractivity contribution < 1.29 is 24.2 Å². The minimum Gasteiger partial charge on any atom is -0.462 e. The number of esters is 1. The van der Waals surface area contributed by atoms with Gasteiger partial charge in [-0.15, -0.1) is 0 Å². The van der Waals surface area contributed by atoms with E-state index in [-0.39, 0.29) is 75.8 Å². The molecule has 0 saturated heterocycles. The molecular weight excluding hydrogens is 502 g/mol. The van der Waals surface area contributed by atoms with Gasteiger partial charge in [-0.1, -0.05) is 54.0 Å². The van der Waals surface area contributed by atoms with Crippen LogP contribution in [0.5, 0.6) is 0 Å². The lowest BCUT2D eigenvalue weighted by Gasteiger charge is -2.70. The van der Waals surface area contributed by atoms with Gasteiger partial charge in [-0.3, -0.25) is 14.4 Å². The number of ether oxygens (including phenoxy) is 1. The minimum atomic E-state index is -0.498. The Morgan fingerprint density at radius 1 is 0.975 bits per heavy atom. The minimum absolute atomic E-state index is 0.0301.